The van der Waals surface area contributed by atoms with E-state index in [1.165, 1.54) is 0 Å². The zero-order chi connectivity index (χ0) is 13.0. The number of anilines is 2. The molecule has 0 radical (unpaired) electrons. The number of nitrogens with zero attached hydrogens (tertiary/aromatic N) is 3. The van der Waals surface area contributed by atoms with Gasteiger partial charge in [0.05, 0.1) is 6.10 Å². The third-order valence-corrected chi connectivity index (χ3v) is 2.64. The van der Waals surface area contributed by atoms with Gasteiger partial charge in [-0.2, -0.15) is 4.98 Å². The van der Waals surface area contributed by atoms with Crippen LogP contribution >= 0.6 is 0 Å². The van der Waals surface area contributed by atoms with Gasteiger partial charge in [0.2, 0.25) is 5.95 Å². The van der Waals surface area contributed by atoms with Crippen LogP contribution in [-0.4, -0.2) is 41.8 Å². The molecule has 0 amide bonds. The van der Waals surface area contributed by atoms with E-state index < -0.39 is 0 Å². The topological polar surface area (TPSA) is 72.0 Å². The second kappa shape index (κ2) is 5.59. The summed E-state index contributed by atoms with van der Waals surface area (Å²) in [5.41, 5.74) is 0.671. The smallest absolute Gasteiger partial charge is 0.224 e. The van der Waals surface area contributed by atoms with Crippen LogP contribution in [0.15, 0.2) is 18.3 Å². The third-order valence-electron chi connectivity index (χ3n) is 2.64. The second-order valence-corrected chi connectivity index (χ2v) is 3.98. The molecule has 0 aliphatic rings. The minimum Gasteiger partial charge on any atom is -0.380 e. The number of nitrogens with one attached hydrogen (secondary N) is 2. The number of pyridine rings is 1. The maximum absolute atomic E-state index is 5.17. The number of hydrogen-bond donors (Lipinski definition) is 2. The molecule has 2 rings (SSSR count). The Bertz CT molecular complexity index is 531. The zero-order valence-electron chi connectivity index (χ0n) is 10.8. The normalized spacial score (nSPS) is 12.4. The van der Waals surface area contributed by atoms with Crippen molar-refractivity contribution in [1.29, 1.82) is 0 Å². The molecule has 2 heterocycles. The highest BCUT2D eigenvalue weighted by Crippen LogP contribution is 2.13. The van der Waals surface area contributed by atoms with Crippen LogP contribution in [0, 0.1) is 0 Å². The molecule has 0 saturated heterocycles. The molecule has 0 spiro atoms. The van der Waals surface area contributed by atoms with Crippen molar-refractivity contribution in [1.82, 2.24) is 15.0 Å². The molecule has 0 unspecified atom stereocenters. The van der Waals surface area contributed by atoms with Crippen LogP contribution in [0.4, 0.5) is 11.8 Å². The largest absolute Gasteiger partial charge is 0.380 e. The molecule has 2 aromatic rings. The maximum atomic E-state index is 5.17. The lowest BCUT2D eigenvalue weighted by Gasteiger charge is -2.11. The number of hydrogen-bond acceptors (Lipinski definition) is 6. The van der Waals surface area contributed by atoms with E-state index in [0.717, 1.165) is 11.2 Å². The van der Waals surface area contributed by atoms with Crippen molar-refractivity contribution in [2.24, 2.45) is 0 Å². The maximum Gasteiger partial charge on any atom is 0.224 e. The van der Waals surface area contributed by atoms with Crippen molar-refractivity contribution in [3.63, 3.8) is 0 Å². The van der Waals surface area contributed by atoms with Crippen LogP contribution in [-0.2, 0) is 4.74 Å². The summed E-state index contributed by atoms with van der Waals surface area (Å²) < 4.78 is 5.17. The summed E-state index contributed by atoms with van der Waals surface area (Å²) >= 11 is 0. The Kier molecular flexibility index (Phi) is 3.88. The molecule has 0 fully saturated rings. The molecule has 1 atom stereocenters. The molecule has 0 aliphatic heterocycles. The van der Waals surface area contributed by atoms with Gasteiger partial charge >= 0.3 is 0 Å². The van der Waals surface area contributed by atoms with Gasteiger partial charge in [-0.25, -0.2) is 9.97 Å². The number of ether oxygens (including phenoxy) is 1. The van der Waals surface area contributed by atoms with Crippen molar-refractivity contribution in [3.8, 4) is 0 Å². The van der Waals surface area contributed by atoms with Gasteiger partial charge in [0.1, 0.15) is 5.82 Å². The van der Waals surface area contributed by atoms with Gasteiger partial charge < -0.3 is 15.4 Å². The number of aromatic nitrogens is 3. The average molecular weight is 247 g/mol. The zero-order valence-corrected chi connectivity index (χ0v) is 10.8. The first-order valence-electron chi connectivity index (χ1n) is 5.81. The Hall–Kier alpha value is -1.95. The van der Waals surface area contributed by atoms with E-state index >= 15 is 0 Å². The standard InChI is InChI=1S/C12H17N5O/c1-8(18-3)6-14-10-5-4-9-7-15-12(13-2)17-11(9)16-10/h4-5,7-8H,6H2,1-3H3,(H2,13,14,15,16,17)/t8-/m0/s1. The molecule has 0 aliphatic carbocycles. The highest BCUT2D eigenvalue weighted by molar-refractivity contribution is 5.76. The Balaban J connectivity index is 2.20. The minimum atomic E-state index is 0.140. The van der Waals surface area contributed by atoms with Gasteiger partial charge in [-0.15, -0.1) is 0 Å². The summed E-state index contributed by atoms with van der Waals surface area (Å²) in [5.74, 6) is 1.35. The predicted molar refractivity (Wildman–Crippen MR) is 71.8 cm³/mol. The number of rotatable bonds is 5. The molecular weight excluding hydrogens is 230 g/mol. The molecule has 6 heteroatoms. The fourth-order valence-electron chi connectivity index (χ4n) is 1.46. The first-order chi connectivity index (χ1) is 8.72. The van der Waals surface area contributed by atoms with Gasteiger partial charge in [0.25, 0.3) is 0 Å². The van der Waals surface area contributed by atoms with Crippen molar-refractivity contribution >= 4 is 22.8 Å². The average Bonchev–Trinajstić information content (AvgIpc) is 2.43. The molecule has 2 aromatic heterocycles. The lowest BCUT2D eigenvalue weighted by Crippen LogP contribution is -2.18. The molecule has 2 N–H and O–H groups in total. The van der Waals surface area contributed by atoms with Gasteiger partial charge in [-0.3, -0.25) is 0 Å². The monoisotopic (exact) mass is 247 g/mol. The van der Waals surface area contributed by atoms with E-state index in [1.54, 1.807) is 20.4 Å². The Labute approximate surface area is 106 Å². The molecule has 0 bridgehead atoms. The Morgan fingerprint density at radius 2 is 2.17 bits per heavy atom. The van der Waals surface area contributed by atoms with E-state index in [9.17, 15) is 0 Å². The fraction of sp³-hybridized carbons (Fsp3) is 0.417. The fourth-order valence-corrected chi connectivity index (χ4v) is 1.46. The van der Waals surface area contributed by atoms with Crippen LogP contribution in [0.5, 0.6) is 0 Å². The van der Waals surface area contributed by atoms with Crippen LogP contribution in [0.2, 0.25) is 0 Å². The molecule has 0 saturated carbocycles. The van der Waals surface area contributed by atoms with Gasteiger partial charge in [-0.1, -0.05) is 0 Å². The quantitative estimate of drug-likeness (QED) is 0.834. The minimum absolute atomic E-state index is 0.140. The highest BCUT2D eigenvalue weighted by atomic mass is 16.5. The first kappa shape index (κ1) is 12.5. The van der Waals surface area contributed by atoms with Crippen molar-refractivity contribution in [2.75, 3.05) is 31.3 Å². The molecular formula is C12H17N5O. The summed E-state index contributed by atoms with van der Waals surface area (Å²) in [5, 5.41) is 7.02. The summed E-state index contributed by atoms with van der Waals surface area (Å²) in [6.45, 7) is 2.70. The van der Waals surface area contributed by atoms with E-state index in [1.807, 2.05) is 19.1 Å². The second-order valence-electron chi connectivity index (χ2n) is 3.98. The number of methoxy groups -OCH3 is 1. The molecule has 96 valence electrons. The van der Waals surface area contributed by atoms with E-state index in [-0.39, 0.29) is 6.10 Å². The van der Waals surface area contributed by atoms with E-state index in [0.29, 0.717) is 18.1 Å². The van der Waals surface area contributed by atoms with Crippen molar-refractivity contribution in [3.05, 3.63) is 18.3 Å². The summed E-state index contributed by atoms with van der Waals surface area (Å²) in [6.07, 6.45) is 1.89. The van der Waals surface area contributed by atoms with Crippen LogP contribution in [0.25, 0.3) is 11.0 Å². The summed E-state index contributed by atoms with van der Waals surface area (Å²) in [6, 6.07) is 3.86. The first-order valence-corrected chi connectivity index (χ1v) is 5.81. The highest BCUT2D eigenvalue weighted by Gasteiger charge is 2.03. The molecule has 0 aromatic carbocycles. The lowest BCUT2D eigenvalue weighted by atomic mass is 10.3. The van der Waals surface area contributed by atoms with Crippen LogP contribution in [0.1, 0.15) is 6.92 Å². The number of fused-ring (bicyclic) bond motifs is 1. The van der Waals surface area contributed by atoms with Crippen LogP contribution < -0.4 is 10.6 Å². The van der Waals surface area contributed by atoms with Crippen molar-refractivity contribution < 1.29 is 4.74 Å². The van der Waals surface area contributed by atoms with E-state index in [2.05, 4.69) is 25.6 Å². The lowest BCUT2D eigenvalue weighted by molar-refractivity contribution is 0.128. The molecule has 18 heavy (non-hydrogen) atoms. The SMILES string of the molecule is CNc1ncc2ccc(NC[C@H](C)OC)nc2n1. The van der Waals surface area contributed by atoms with Crippen LogP contribution in [0.3, 0.4) is 0 Å². The van der Waals surface area contributed by atoms with Gasteiger partial charge in [-0.05, 0) is 19.1 Å². The van der Waals surface area contributed by atoms with Gasteiger partial charge in [0.15, 0.2) is 5.65 Å². The third kappa shape index (κ3) is 2.84. The Morgan fingerprint density at radius 3 is 2.89 bits per heavy atom. The molecule has 6 nitrogen and oxygen atoms in total. The van der Waals surface area contributed by atoms with Gasteiger partial charge in [0, 0.05) is 32.3 Å². The van der Waals surface area contributed by atoms with E-state index in [4.69, 9.17) is 4.74 Å². The van der Waals surface area contributed by atoms with Crippen molar-refractivity contribution in [2.45, 2.75) is 13.0 Å². The summed E-state index contributed by atoms with van der Waals surface area (Å²) in [4.78, 5) is 12.9. The Morgan fingerprint density at radius 1 is 1.33 bits per heavy atom. The summed E-state index contributed by atoms with van der Waals surface area (Å²) in [7, 11) is 3.47. The predicted octanol–water partition coefficient (Wildman–Crippen LogP) is 1.51.